The van der Waals surface area contributed by atoms with Gasteiger partial charge in [0.2, 0.25) is 4.80 Å². The fourth-order valence-electron chi connectivity index (χ4n) is 2.07. The maximum Gasteiger partial charge on any atom is 0.208 e. The normalized spacial score (nSPS) is 11.8. The average molecular weight is 360 g/mol. The zero-order valence-electron chi connectivity index (χ0n) is 11.5. The molecule has 0 bridgehead atoms. The van der Waals surface area contributed by atoms with E-state index in [4.69, 9.17) is 0 Å². The number of aryl methyl sites for hydroxylation is 1. The summed E-state index contributed by atoms with van der Waals surface area (Å²) < 4.78 is 4.28. The zero-order chi connectivity index (χ0) is 14.8. The van der Waals surface area contributed by atoms with Crippen molar-refractivity contribution in [1.82, 2.24) is 9.99 Å². The number of nitrogens with one attached hydrogen (secondary N) is 1. The smallest absolute Gasteiger partial charge is 0.208 e. The van der Waals surface area contributed by atoms with E-state index in [1.165, 1.54) is 10.2 Å². The molecule has 21 heavy (non-hydrogen) atoms. The van der Waals surface area contributed by atoms with Crippen molar-refractivity contribution < 1.29 is 0 Å². The molecule has 1 heterocycles. The highest BCUT2D eigenvalue weighted by Crippen LogP contribution is 2.21. The fraction of sp³-hybridized carbons (Fsp3) is 0.0625. The molecule has 0 saturated carbocycles. The summed E-state index contributed by atoms with van der Waals surface area (Å²) in [5.41, 5.74) is 5.99. The van der Waals surface area contributed by atoms with Gasteiger partial charge in [0.05, 0.1) is 15.9 Å². The highest BCUT2D eigenvalue weighted by molar-refractivity contribution is 9.10. The minimum Gasteiger partial charge on any atom is -0.318 e. The van der Waals surface area contributed by atoms with Gasteiger partial charge in [0, 0.05) is 17.1 Å². The van der Waals surface area contributed by atoms with Crippen molar-refractivity contribution in [2.24, 2.45) is 12.1 Å². The largest absolute Gasteiger partial charge is 0.318 e. The number of benzene rings is 2. The Morgan fingerprint density at radius 2 is 1.90 bits per heavy atom. The van der Waals surface area contributed by atoms with E-state index >= 15 is 0 Å². The summed E-state index contributed by atoms with van der Waals surface area (Å²) in [7, 11) is 2.01. The molecular formula is C16H14BrN3S. The van der Waals surface area contributed by atoms with Gasteiger partial charge in [0.15, 0.2) is 0 Å². The Labute approximate surface area is 135 Å². The van der Waals surface area contributed by atoms with Crippen molar-refractivity contribution in [3.05, 3.63) is 69.9 Å². The summed E-state index contributed by atoms with van der Waals surface area (Å²) in [4.78, 5) is 0.907. The van der Waals surface area contributed by atoms with Gasteiger partial charge in [-0.05, 0) is 18.2 Å². The summed E-state index contributed by atoms with van der Waals surface area (Å²) in [5, 5.41) is 4.47. The minimum absolute atomic E-state index is 0.764. The van der Waals surface area contributed by atoms with Crippen LogP contribution in [0.3, 0.4) is 0 Å². The third kappa shape index (κ3) is 2.80. The Kier molecular flexibility index (Phi) is 3.94. The fourth-order valence-corrected chi connectivity index (χ4v) is 3.57. The van der Waals surface area contributed by atoms with Crippen molar-refractivity contribution in [2.45, 2.75) is 0 Å². The maximum absolute atomic E-state index is 4.47. The van der Waals surface area contributed by atoms with Crippen LogP contribution in [0, 0.1) is 0 Å². The van der Waals surface area contributed by atoms with E-state index in [9.17, 15) is 0 Å². The number of fused-ring (bicyclic) bond motifs is 1. The van der Waals surface area contributed by atoms with E-state index in [2.05, 4.69) is 49.7 Å². The standard InChI is InChI=1S/C16H14BrN3S/c1-11(12-7-3-4-8-13(12)17)18-19-16-20(2)14-9-5-6-10-15(14)21-16/h3-10,18H,1H2,2H3. The zero-order valence-corrected chi connectivity index (χ0v) is 13.9. The molecule has 0 saturated heterocycles. The highest BCUT2D eigenvalue weighted by Gasteiger charge is 2.04. The van der Waals surface area contributed by atoms with Gasteiger partial charge >= 0.3 is 0 Å². The molecule has 3 nitrogen and oxygen atoms in total. The van der Waals surface area contributed by atoms with Crippen LogP contribution in [0.15, 0.2) is 64.7 Å². The van der Waals surface area contributed by atoms with Crippen molar-refractivity contribution in [3.63, 3.8) is 0 Å². The molecule has 1 N–H and O–H groups in total. The Hall–Kier alpha value is -1.85. The Balaban J connectivity index is 1.93. The molecule has 3 rings (SSSR count). The van der Waals surface area contributed by atoms with E-state index in [-0.39, 0.29) is 0 Å². The van der Waals surface area contributed by atoms with E-state index in [0.29, 0.717) is 0 Å². The summed E-state index contributed by atoms with van der Waals surface area (Å²) in [5.74, 6) is 0. The van der Waals surface area contributed by atoms with Gasteiger partial charge in [0.25, 0.3) is 0 Å². The quantitative estimate of drug-likeness (QED) is 0.701. The molecule has 5 heteroatoms. The predicted molar refractivity (Wildman–Crippen MR) is 92.7 cm³/mol. The van der Waals surface area contributed by atoms with Crippen LogP contribution in [-0.4, -0.2) is 4.57 Å². The van der Waals surface area contributed by atoms with Crippen LogP contribution < -0.4 is 10.2 Å². The second-order valence-electron chi connectivity index (χ2n) is 4.59. The van der Waals surface area contributed by atoms with Crippen LogP contribution in [0.25, 0.3) is 15.9 Å². The number of para-hydroxylation sites is 1. The minimum atomic E-state index is 0.764. The first-order valence-corrected chi connectivity index (χ1v) is 8.06. The second-order valence-corrected chi connectivity index (χ2v) is 6.46. The van der Waals surface area contributed by atoms with Gasteiger partial charge in [-0.3, -0.25) is 5.43 Å². The van der Waals surface area contributed by atoms with Crippen molar-refractivity contribution in [1.29, 1.82) is 0 Å². The average Bonchev–Trinajstić information content (AvgIpc) is 2.82. The lowest BCUT2D eigenvalue weighted by Crippen LogP contribution is -2.16. The topological polar surface area (TPSA) is 29.3 Å². The summed E-state index contributed by atoms with van der Waals surface area (Å²) in [6.45, 7) is 4.04. The SMILES string of the molecule is C=C(NN=c1sc2ccccc2n1C)c1ccccc1Br. The van der Waals surface area contributed by atoms with E-state index < -0.39 is 0 Å². The van der Waals surface area contributed by atoms with Crippen molar-refractivity contribution in [3.8, 4) is 0 Å². The van der Waals surface area contributed by atoms with Gasteiger partial charge in [-0.1, -0.05) is 64.2 Å². The van der Waals surface area contributed by atoms with Crippen LogP contribution in [0.5, 0.6) is 0 Å². The van der Waals surface area contributed by atoms with Crippen molar-refractivity contribution >= 4 is 43.2 Å². The summed E-state index contributed by atoms with van der Waals surface area (Å²) in [6, 6.07) is 16.2. The van der Waals surface area contributed by atoms with Crippen LogP contribution in [0.2, 0.25) is 0 Å². The molecule has 0 amide bonds. The van der Waals surface area contributed by atoms with Crippen molar-refractivity contribution in [2.75, 3.05) is 0 Å². The number of nitrogens with zero attached hydrogens (tertiary/aromatic N) is 2. The first kappa shape index (κ1) is 14.1. The molecule has 0 atom stereocenters. The monoisotopic (exact) mass is 359 g/mol. The molecule has 2 aromatic carbocycles. The lowest BCUT2D eigenvalue weighted by molar-refractivity contribution is 0.839. The summed E-state index contributed by atoms with van der Waals surface area (Å²) in [6.07, 6.45) is 0. The van der Waals surface area contributed by atoms with E-state index in [1.807, 2.05) is 43.4 Å². The number of aromatic nitrogens is 1. The summed E-state index contributed by atoms with van der Waals surface area (Å²) >= 11 is 5.17. The van der Waals surface area contributed by atoms with Crippen LogP contribution in [0.4, 0.5) is 0 Å². The molecule has 0 aliphatic carbocycles. The van der Waals surface area contributed by atoms with Crippen LogP contribution >= 0.6 is 27.3 Å². The Morgan fingerprint density at radius 1 is 1.19 bits per heavy atom. The molecule has 0 aliphatic rings. The van der Waals surface area contributed by atoms with Gasteiger partial charge in [-0.25, -0.2) is 0 Å². The van der Waals surface area contributed by atoms with E-state index in [0.717, 1.165) is 20.5 Å². The first-order valence-electron chi connectivity index (χ1n) is 6.45. The Morgan fingerprint density at radius 3 is 2.67 bits per heavy atom. The van der Waals surface area contributed by atoms with Crippen LogP contribution in [0.1, 0.15) is 5.56 Å². The number of halogens is 1. The van der Waals surface area contributed by atoms with Gasteiger partial charge in [-0.2, -0.15) is 0 Å². The number of hydrogen-bond acceptors (Lipinski definition) is 3. The van der Waals surface area contributed by atoms with E-state index in [1.54, 1.807) is 11.3 Å². The lowest BCUT2D eigenvalue weighted by atomic mass is 10.2. The number of thiazole rings is 1. The molecule has 1 aromatic heterocycles. The molecule has 0 fully saturated rings. The predicted octanol–water partition coefficient (Wildman–Crippen LogP) is 4.08. The Bertz CT molecular complexity index is 876. The lowest BCUT2D eigenvalue weighted by Gasteiger charge is -2.06. The molecule has 106 valence electrons. The first-order chi connectivity index (χ1) is 10.2. The van der Waals surface area contributed by atoms with Gasteiger partial charge < -0.3 is 4.57 Å². The molecule has 0 radical (unpaired) electrons. The molecule has 0 spiro atoms. The molecular weight excluding hydrogens is 346 g/mol. The van der Waals surface area contributed by atoms with Crippen LogP contribution in [-0.2, 0) is 7.05 Å². The highest BCUT2D eigenvalue weighted by atomic mass is 79.9. The molecule has 3 aromatic rings. The second kappa shape index (κ2) is 5.87. The molecule has 0 unspecified atom stereocenters. The van der Waals surface area contributed by atoms with Gasteiger partial charge in [0.1, 0.15) is 0 Å². The number of rotatable bonds is 3. The third-order valence-electron chi connectivity index (χ3n) is 3.20. The molecule has 0 aliphatic heterocycles. The maximum atomic E-state index is 4.47. The third-order valence-corrected chi connectivity index (χ3v) is 5.00. The number of hydrogen-bond donors (Lipinski definition) is 1. The van der Waals surface area contributed by atoms with Gasteiger partial charge in [-0.15, -0.1) is 5.10 Å².